The maximum Gasteiger partial charge on any atom is 0.227 e. The first-order valence-corrected chi connectivity index (χ1v) is 8.98. The molecule has 1 N–H and O–H groups in total. The van der Waals surface area contributed by atoms with Crippen LogP contribution in [0.5, 0.6) is 0 Å². The molecule has 1 heterocycles. The smallest absolute Gasteiger partial charge is 0.227 e. The lowest BCUT2D eigenvalue weighted by Gasteiger charge is -2.06. The Morgan fingerprint density at radius 1 is 1.22 bits per heavy atom. The van der Waals surface area contributed by atoms with E-state index in [1.165, 1.54) is 17.7 Å². The van der Waals surface area contributed by atoms with Crippen LogP contribution < -0.4 is 5.32 Å². The zero-order valence-corrected chi connectivity index (χ0v) is 15.8. The monoisotopic (exact) mass is 387 g/mol. The number of anilines is 1. The molecule has 0 atom stereocenters. The number of rotatable bonds is 6. The van der Waals surface area contributed by atoms with Crippen molar-refractivity contribution in [3.05, 3.63) is 64.8 Å². The highest BCUT2D eigenvalue weighted by atomic mass is 35.5. The van der Waals surface area contributed by atoms with Gasteiger partial charge in [0, 0.05) is 18.4 Å². The Morgan fingerprint density at radius 2 is 1.96 bits per heavy atom. The number of carbonyl (C=O) groups is 1. The van der Waals surface area contributed by atoms with Crippen LogP contribution in [0.3, 0.4) is 0 Å². The second kappa shape index (κ2) is 8.31. The van der Waals surface area contributed by atoms with Crippen LogP contribution in [-0.2, 0) is 11.2 Å². The Labute approximate surface area is 161 Å². The van der Waals surface area contributed by atoms with Gasteiger partial charge in [0.05, 0.1) is 10.7 Å². The summed E-state index contributed by atoms with van der Waals surface area (Å²) < 4.78 is 18.3. The Bertz CT molecular complexity index is 939. The van der Waals surface area contributed by atoms with Crippen LogP contribution in [0, 0.1) is 5.82 Å². The van der Waals surface area contributed by atoms with Crippen LogP contribution in [0.15, 0.2) is 47.0 Å². The second-order valence-electron chi connectivity index (χ2n) is 6.46. The molecule has 0 aliphatic heterocycles. The van der Waals surface area contributed by atoms with Gasteiger partial charge in [-0.15, -0.1) is 0 Å². The molecule has 0 aliphatic rings. The first-order chi connectivity index (χ1) is 12.9. The van der Waals surface area contributed by atoms with Crippen LogP contribution >= 0.6 is 11.6 Å². The molecule has 27 heavy (non-hydrogen) atoms. The Balaban J connectivity index is 1.58. The number of carbonyl (C=O) groups excluding carboxylic acids is 1. The van der Waals surface area contributed by atoms with Crippen LogP contribution in [0.2, 0.25) is 5.02 Å². The van der Waals surface area contributed by atoms with E-state index in [1.807, 2.05) is 24.3 Å². The average Bonchev–Trinajstić information content (AvgIpc) is 3.11. The summed E-state index contributed by atoms with van der Waals surface area (Å²) >= 11 is 5.90. The molecule has 0 fully saturated rings. The van der Waals surface area contributed by atoms with Gasteiger partial charge in [-0.3, -0.25) is 4.79 Å². The third-order valence-corrected chi connectivity index (χ3v) is 4.39. The fourth-order valence-electron chi connectivity index (χ4n) is 2.51. The molecule has 3 rings (SSSR count). The molecule has 140 valence electrons. The molecule has 0 saturated carbocycles. The van der Waals surface area contributed by atoms with Gasteiger partial charge in [0.15, 0.2) is 0 Å². The molecule has 0 radical (unpaired) electrons. The fraction of sp³-hybridized carbons (Fsp3) is 0.250. The minimum atomic E-state index is -0.460. The van der Waals surface area contributed by atoms with Crippen molar-refractivity contribution in [2.45, 2.75) is 32.6 Å². The highest BCUT2D eigenvalue weighted by molar-refractivity contribution is 6.33. The molecule has 3 aromatic rings. The van der Waals surface area contributed by atoms with E-state index in [0.29, 0.717) is 29.7 Å². The van der Waals surface area contributed by atoms with Crippen molar-refractivity contribution in [2.24, 2.45) is 0 Å². The predicted molar refractivity (Wildman–Crippen MR) is 102 cm³/mol. The number of nitrogens with zero attached hydrogens (tertiary/aromatic N) is 2. The Kier molecular flexibility index (Phi) is 5.86. The van der Waals surface area contributed by atoms with Crippen molar-refractivity contribution >= 4 is 23.2 Å². The van der Waals surface area contributed by atoms with Crippen molar-refractivity contribution < 1.29 is 13.7 Å². The number of nitrogens with one attached hydrogen (secondary N) is 1. The summed E-state index contributed by atoms with van der Waals surface area (Å²) in [4.78, 5) is 16.4. The van der Waals surface area contributed by atoms with Gasteiger partial charge >= 0.3 is 0 Å². The summed E-state index contributed by atoms with van der Waals surface area (Å²) in [7, 11) is 0. The molecule has 5 nitrogen and oxygen atoms in total. The summed E-state index contributed by atoms with van der Waals surface area (Å²) in [5.74, 6) is 0.580. The molecular weight excluding hydrogens is 369 g/mol. The number of amides is 1. The predicted octanol–water partition coefficient (Wildman–Crippen LogP) is 5.22. The Morgan fingerprint density at radius 3 is 2.63 bits per heavy atom. The molecule has 0 bridgehead atoms. The number of aromatic nitrogens is 2. The highest BCUT2D eigenvalue weighted by Crippen LogP contribution is 2.23. The number of halogens is 2. The first-order valence-electron chi connectivity index (χ1n) is 8.60. The number of hydrogen-bond acceptors (Lipinski definition) is 4. The summed E-state index contributed by atoms with van der Waals surface area (Å²) in [5.41, 5.74) is 2.45. The highest BCUT2D eigenvalue weighted by Gasteiger charge is 2.12. The van der Waals surface area contributed by atoms with E-state index in [1.54, 1.807) is 0 Å². The maximum absolute atomic E-state index is 13.0. The lowest BCUT2D eigenvalue weighted by atomic mass is 10.0. The molecular formula is C20H19ClFN3O2. The van der Waals surface area contributed by atoms with Crippen LogP contribution in [0.4, 0.5) is 10.1 Å². The van der Waals surface area contributed by atoms with Crippen LogP contribution in [0.1, 0.15) is 37.6 Å². The zero-order chi connectivity index (χ0) is 19.4. The van der Waals surface area contributed by atoms with Gasteiger partial charge in [-0.25, -0.2) is 4.39 Å². The number of benzene rings is 2. The lowest BCUT2D eigenvalue weighted by molar-refractivity contribution is -0.116. The van der Waals surface area contributed by atoms with Crippen LogP contribution in [0.25, 0.3) is 11.4 Å². The molecule has 0 unspecified atom stereocenters. The molecule has 0 aliphatic carbocycles. The molecule has 1 amide bonds. The first kappa shape index (κ1) is 19.0. The molecule has 7 heteroatoms. The van der Waals surface area contributed by atoms with Gasteiger partial charge in [-0.1, -0.05) is 54.9 Å². The van der Waals surface area contributed by atoms with Crippen molar-refractivity contribution in [3.8, 4) is 11.4 Å². The van der Waals surface area contributed by atoms with E-state index in [4.69, 9.17) is 16.1 Å². The third kappa shape index (κ3) is 4.92. The summed E-state index contributed by atoms with van der Waals surface area (Å²) in [6.07, 6.45) is 0.434. The van der Waals surface area contributed by atoms with Crippen molar-refractivity contribution in [1.82, 2.24) is 10.1 Å². The van der Waals surface area contributed by atoms with Gasteiger partial charge in [0.1, 0.15) is 5.82 Å². The minimum Gasteiger partial charge on any atom is -0.339 e. The van der Waals surface area contributed by atoms with Gasteiger partial charge < -0.3 is 9.84 Å². The Hall–Kier alpha value is -2.73. The topological polar surface area (TPSA) is 68.0 Å². The normalized spacial score (nSPS) is 11.0. The van der Waals surface area contributed by atoms with Gasteiger partial charge in [0.2, 0.25) is 17.6 Å². The molecule has 0 saturated heterocycles. The van der Waals surface area contributed by atoms with E-state index in [-0.39, 0.29) is 17.4 Å². The molecule has 0 spiro atoms. The molecule has 2 aromatic carbocycles. The van der Waals surface area contributed by atoms with Gasteiger partial charge in [0.25, 0.3) is 0 Å². The fourth-order valence-corrected chi connectivity index (χ4v) is 2.73. The zero-order valence-electron chi connectivity index (χ0n) is 15.0. The van der Waals surface area contributed by atoms with E-state index >= 15 is 0 Å². The van der Waals surface area contributed by atoms with E-state index < -0.39 is 5.82 Å². The summed E-state index contributed by atoms with van der Waals surface area (Å²) in [6.45, 7) is 4.26. The number of aryl methyl sites for hydroxylation is 1. The lowest BCUT2D eigenvalue weighted by Crippen LogP contribution is -2.12. The molecule has 1 aromatic heterocycles. The standard InChI is InChI=1S/C20H19ClFN3O2/c1-12(2)13-3-5-14(6-4-13)20-24-19(27-25-20)10-9-18(26)23-17-8-7-15(22)11-16(17)21/h3-8,11-12H,9-10H2,1-2H3,(H,23,26). The summed E-state index contributed by atoms with van der Waals surface area (Å²) in [6, 6.07) is 11.8. The second-order valence-corrected chi connectivity index (χ2v) is 6.87. The maximum atomic E-state index is 13.0. The van der Waals surface area contributed by atoms with E-state index in [9.17, 15) is 9.18 Å². The van der Waals surface area contributed by atoms with Crippen molar-refractivity contribution in [3.63, 3.8) is 0 Å². The summed E-state index contributed by atoms with van der Waals surface area (Å²) in [5, 5.41) is 6.75. The van der Waals surface area contributed by atoms with Gasteiger partial charge in [-0.2, -0.15) is 4.98 Å². The van der Waals surface area contributed by atoms with E-state index in [2.05, 4.69) is 29.3 Å². The SMILES string of the molecule is CC(C)c1ccc(-c2noc(CCC(=O)Nc3ccc(F)cc3Cl)n2)cc1. The third-order valence-electron chi connectivity index (χ3n) is 4.07. The van der Waals surface area contributed by atoms with Gasteiger partial charge in [-0.05, 0) is 29.7 Å². The van der Waals surface area contributed by atoms with E-state index in [0.717, 1.165) is 11.6 Å². The minimum absolute atomic E-state index is 0.141. The quantitative estimate of drug-likeness (QED) is 0.629. The average molecular weight is 388 g/mol. The van der Waals surface area contributed by atoms with Crippen LogP contribution in [-0.4, -0.2) is 16.0 Å². The largest absolute Gasteiger partial charge is 0.339 e. The van der Waals surface area contributed by atoms with Crippen molar-refractivity contribution in [2.75, 3.05) is 5.32 Å². The number of hydrogen-bond donors (Lipinski definition) is 1. The van der Waals surface area contributed by atoms with Crippen molar-refractivity contribution in [1.29, 1.82) is 0 Å².